The van der Waals surface area contributed by atoms with Crippen molar-refractivity contribution in [3.05, 3.63) is 47.8 Å². The van der Waals surface area contributed by atoms with Crippen molar-refractivity contribution in [2.75, 3.05) is 0 Å². The summed E-state index contributed by atoms with van der Waals surface area (Å²) in [7, 11) is 0. The van der Waals surface area contributed by atoms with E-state index in [9.17, 15) is 0 Å². The van der Waals surface area contributed by atoms with Gasteiger partial charge in [0.25, 0.3) is 0 Å². The molecule has 0 bridgehead atoms. The van der Waals surface area contributed by atoms with Crippen LogP contribution in [0, 0.1) is 6.92 Å². The van der Waals surface area contributed by atoms with Crippen LogP contribution >= 0.6 is 0 Å². The van der Waals surface area contributed by atoms with Crippen molar-refractivity contribution in [2.24, 2.45) is 0 Å². The molecule has 0 aliphatic carbocycles. The standard InChI is InChI=1S/C7H8.C5H9N3/c1-7-5-3-2-4-6-7;1-2-3-5-4-6-8-7-5/h2-6H,1H3;4H,2-3H2,1H3,(H,6,7,8). The molecular weight excluding hydrogens is 186 g/mol. The predicted octanol–water partition coefficient (Wildman–Crippen LogP) is 2.75. The second-order valence-corrected chi connectivity index (χ2v) is 3.37. The minimum atomic E-state index is 1.02. The number of hydrogen-bond donors (Lipinski definition) is 1. The van der Waals surface area contributed by atoms with Gasteiger partial charge in [-0.3, -0.25) is 0 Å². The van der Waals surface area contributed by atoms with E-state index in [1.54, 1.807) is 6.20 Å². The molecule has 0 saturated carbocycles. The number of rotatable bonds is 2. The van der Waals surface area contributed by atoms with Crippen molar-refractivity contribution in [1.82, 2.24) is 15.4 Å². The van der Waals surface area contributed by atoms with Gasteiger partial charge in [-0.05, 0) is 13.3 Å². The van der Waals surface area contributed by atoms with Crippen molar-refractivity contribution < 1.29 is 0 Å². The van der Waals surface area contributed by atoms with Crippen molar-refractivity contribution >= 4 is 0 Å². The third-order valence-electron chi connectivity index (χ3n) is 1.91. The lowest BCUT2D eigenvalue weighted by Gasteiger charge is -1.82. The number of aromatic amines is 1. The molecule has 1 heterocycles. The lowest BCUT2D eigenvalue weighted by Crippen LogP contribution is -1.80. The topological polar surface area (TPSA) is 41.6 Å². The summed E-state index contributed by atoms with van der Waals surface area (Å²) < 4.78 is 0. The van der Waals surface area contributed by atoms with Gasteiger partial charge in [-0.25, -0.2) is 0 Å². The maximum atomic E-state index is 3.87. The summed E-state index contributed by atoms with van der Waals surface area (Å²) in [6.07, 6.45) is 3.91. The van der Waals surface area contributed by atoms with Gasteiger partial charge in [0.2, 0.25) is 0 Å². The first-order chi connectivity index (χ1) is 7.33. The number of nitrogens with zero attached hydrogens (tertiary/aromatic N) is 2. The third-order valence-corrected chi connectivity index (χ3v) is 1.91. The lowest BCUT2D eigenvalue weighted by atomic mass is 10.2. The molecule has 0 spiro atoms. The third kappa shape index (κ3) is 4.96. The first-order valence-electron chi connectivity index (χ1n) is 5.19. The van der Waals surface area contributed by atoms with E-state index in [1.165, 1.54) is 5.56 Å². The van der Waals surface area contributed by atoms with Crippen LogP contribution < -0.4 is 0 Å². The molecular formula is C12H17N3. The summed E-state index contributed by atoms with van der Waals surface area (Å²) in [6.45, 7) is 4.20. The quantitative estimate of drug-likeness (QED) is 0.815. The Morgan fingerprint density at radius 2 is 1.93 bits per heavy atom. The van der Waals surface area contributed by atoms with Crippen LogP contribution in [0.25, 0.3) is 0 Å². The molecule has 0 aliphatic heterocycles. The predicted molar refractivity (Wildman–Crippen MR) is 61.6 cm³/mol. The first kappa shape index (κ1) is 11.4. The summed E-state index contributed by atoms with van der Waals surface area (Å²) in [5.41, 5.74) is 2.37. The zero-order valence-corrected chi connectivity index (χ0v) is 9.27. The number of nitrogens with one attached hydrogen (secondary N) is 1. The van der Waals surface area contributed by atoms with Gasteiger partial charge in [-0.2, -0.15) is 15.4 Å². The zero-order chi connectivity index (χ0) is 10.9. The van der Waals surface area contributed by atoms with Crippen LogP contribution in [-0.4, -0.2) is 15.4 Å². The highest BCUT2D eigenvalue weighted by Gasteiger charge is 1.89. The number of benzene rings is 1. The van der Waals surface area contributed by atoms with E-state index in [4.69, 9.17) is 0 Å². The molecule has 1 N–H and O–H groups in total. The molecule has 0 unspecified atom stereocenters. The molecule has 1 aromatic heterocycles. The normalized spacial score (nSPS) is 9.20. The Kier molecular flexibility index (Phi) is 5.15. The number of H-pyrrole nitrogens is 1. The Hall–Kier alpha value is -1.64. The van der Waals surface area contributed by atoms with Crippen LogP contribution in [-0.2, 0) is 6.42 Å². The van der Waals surface area contributed by atoms with E-state index in [2.05, 4.69) is 41.4 Å². The van der Waals surface area contributed by atoms with Gasteiger partial charge in [0.05, 0.1) is 11.9 Å². The Morgan fingerprint density at radius 1 is 1.20 bits per heavy atom. The molecule has 3 heteroatoms. The molecule has 0 saturated heterocycles. The molecule has 0 fully saturated rings. The van der Waals surface area contributed by atoms with Crippen LogP contribution in [0.4, 0.5) is 0 Å². The summed E-state index contributed by atoms with van der Waals surface area (Å²) in [5.74, 6) is 0. The summed E-state index contributed by atoms with van der Waals surface area (Å²) in [5, 5.41) is 10.1. The highest BCUT2D eigenvalue weighted by atomic mass is 15.3. The second kappa shape index (κ2) is 6.76. The Balaban J connectivity index is 0.000000151. The van der Waals surface area contributed by atoms with E-state index in [0.29, 0.717) is 0 Å². The van der Waals surface area contributed by atoms with E-state index in [-0.39, 0.29) is 0 Å². The maximum absolute atomic E-state index is 3.87. The summed E-state index contributed by atoms with van der Waals surface area (Å²) >= 11 is 0. The molecule has 0 amide bonds. The fourth-order valence-electron chi connectivity index (χ4n) is 1.14. The molecule has 3 nitrogen and oxygen atoms in total. The van der Waals surface area contributed by atoms with Gasteiger partial charge < -0.3 is 0 Å². The highest BCUT2D eigenvalue weighted by Crippen LogP contribution is 1.92. The molecule has 2 rings (SSSR count). The smallest absolute Gasteiger partial charge is 0.0824 e. The SMILES string of the molecule is CCCc1cn[nH]n1.Cc1ccccc1. The average molecular weight is 203 g/mol. The monoisotopic (exact) mass is 203 g/mol. The summed E-state index contributed by atoms with van der Waals surface area (Å²) in [4.78, 5) is 0. The van der Waals surface area contributed by atoms with E-state index < -0.39 is 0 Å². The Morgan fingerprint density at radius 3 is 2.33 bits per heavy atom. The second-order valence-electron chi connectivity index (χ2n) is 3.37. The molecule has 80 valence electrons. The van der Waals surface area contributed by atoms with Gasteiger partial charge in [0, 0.05) is 0 Å². The van der Waals surface area contributed by atoms with Crippen molar-refractivity contribution in [3.63, 3.8) is 0 Å². The number of aryl methyl sites for hydroxylation is 2. The van der Waals surface area contributed by atoms with Crippen LogP contribution in [0.3, 0.4) is 0 Å². The average Bonchev–Trinajstić information content (AvgIpc) is 2.73. The molecule has 0 atom stereocenters. The van der Waals surface area contributed by atoms with Crippen LogP contribution in [0.1, 0.15) is 24.6 Å². The van der Waals surface area contributed by atoms with E-state index >= 15 is 0 Å². The van der Waals surface area contributed by atoms with Crippen LogP contribution in [0.2, 0.25) is 0 Å². The van der Waals surface area contributed by atoms with Gasteiger partial charge in [0.15, 0.2) is 0 Å². The number of hydrogen-bond acceptors (Lipinski definition) is 2. The first-order valence-corrected chi connectivity index (χ1v) is 5.19. The van der Waals surface area contributed by atoms with E-state index in [0.717, 1.165) is 18.5 Å². The Bertz CT molecular complexity index is 340. The zero-order valence-electron chi connectivity index (χ0n) is 9.27. The fourth-order valence-corrected chi connectivity index (χ4v) is 1.14. The Labute approximate surface area is 90.5 Å². The van der Waals surface area contributed by atoms with Gasteiger partial charge in [0.1, 0.15) is 0 Å². The molecule has 0 aliphatic rings. The van der Waals surface area contributed by atoms with Crippen molar-refractivity contribution in [2.45, 2.75) is 26.7 Å². The maximum Gasteiger partial charge on any atom is 0.0824 e. The van der Waals surface area contributed by atoms with Crippen molar-refractivity contribution in [1.29, 1.82) is 0 Å². The van der Waals surface area contributed by atoms with Gasteiger partial charge >= 0.3 is 0 Å². The minimum Gasteiger partial charge on any atom is -0.198 e. The fraction of sp³-hybridized carbons (Fsp3) is 0.333. The molecule has 0 radical (unpaired) electrons. The summed E-state index contributed by atoms with van der Waals surface area (Å²) in [6, 6.07) is 10.3. The molecule has 15 heavy (non-hydrogen) atoms. The lowest BCUT2D eigenvalue weighted by molar-refractivity contribution is 0.853. The van der Waals surface area contributed by atoms with Gasteiger partial charge in [-0.1, -0.05) is 49.2 Å². The van der Waals surface area contributed by atoms with Crippen molar-refractivity contribution in [3.8, 4) is 0 Å². The van der Waals surface area contributed by atoms with Crippen LogP contribution in [0.15, 0.2) is 36.5 Å². The largest absolute Gasteiger partial charge is 0.198 e. The van der Waals surface area contributed by atoms with Crippen LogP contribution in [0.5, 0.6) is 0 Å². The molecule has 1 aromatic carbocycles. The highest BCUT2D eigenvalue weighted by molar-refractivity contribution is 5.11. The number of aromatic nitrogens is 3. The minimum absolute atomic E-state index is 1.02. The van der Waals surface area contributed by atoms with E-state index in [1.807, 2.05) is 18.2 Å². The molecule has 2 aromatic rings. The van der Waals surface area contributed by atoms with Gasteiger partial charge in [-0.15, -0.1) is 0 Å².